The number of anilines is 1. The molecular formula is C13H18N2O4S. The molecule has 0 fully saturated rings. The van der Waals surface area contributed by atoms with Crippen LogP contribution in [0.1, 0.15) is 6.92 Å². The van der Waals surface area contributed by atoms with Crippen LogP contribution in [-0.4, -0.2) is 41.8 Å². The fourth-order valence-electron chi connectivity index (χ4n) is 1.49. The zero-order valence-electron chi connectivity index (χ0n) is 11.4. The van der Waals surface area contributed by atoms with Crippen molar-refractivity contribution in [1.29, 1.82) is 0 Å². The number of aliphatic carboxylic acids is 1. The molecule has 1 rings (SSSR count). The molecule has 2 amide bonds. The maximum Gasteiger partial charge on any atom is 0.341 e. The minimum Gasteiger partial charge on any atom is -0.482 e. The van der Waals surface area contributed by atoms with Crippen molar-refractivity contribution in [3.63, 3.8) is 0 Å². The molecule has 0 aliphatic carbocycles. The van der Waals surface area contributed by atoms with Crippen LogP contribution in [-0.2, 0) is 4.79 Å². The van der Waals surface area contributed by atoms with Gasteiger partial charge in [0.15, 0.2) is 6.61 Å². The number of thioether (sulfide) groups is 1. The molecule has 110 valence electrons. The number of hydrogen-bond acceptors (Lipinski definition) is 4. The van der Waals surface area contributed by atoms with E-state index in [2.05, 4.69) is 10.6 Å². The van der Waals surface area contributed by atoms with Crippen LogP contribution in [0.25, 0.3) is 0 Å². The van der Waals surface area contributed by atoms with Gasteiger partial charge < -0.3 is 20.5 Å². The third-order valence-corrected chi connectivity index (χ3v) is 3.08. The van der Waals surface area contributed by atoms with Gasteiger partial charge in [-0.25, -0.2) is 9.59 Å². The van der Waals surface area contributed by atoms with E-state index < -0.39 is 12.6 Å². The van der Waals surface area contributed by atoms with Crippen LogP contribution in [0, 0.1) is 0 Å². The molecule has 0 aromatic heterocycles. The first-order valence-corrected chi connectivity index (χ1v) is 7.41. The number of carbonyl (C=O) groups excluding carboxylic acids is 1. The second-order valence-electron chi connectivity index (χ2n) is 4.17. The standard InChI is InChI=1S/C13H18N2O4S/c1-9(8-20-2)14-13(18)15-10-4-3-5-11(6-10)19-7-12(16)17/h3-6,9H,7-8H2,1-2H3,(H,16,17)(H2,14,15,18). The van der Waals surface area contributed by atoms with Crippen LogP contribution in [0.5, 0.6) is 5.75 Å². The Bertz CT molecular complexity index is 467. The first-order chi connectivity index (χ1) is 9.51. The van der Waals surface area contributed by atoms with Crippen molar-refractivity contribution < 1.29 is 19.4 Å². The summed E-state index contributed by atoms with van der Waals surface area (Å²) >= 11 is 1.65. The number of amides is 2. The smallest absolute Gasteiger partial charge is 0.341 e. The topological polar surface area (TPSA) is 87.7 Å². The highest BCUT2D eigenvalue weighted by Crippen LogP contribution is 2.17. The van der Waals surface area contributed by atoms with Crippen molar-refractivity contribution in [3.05, 3.63) is 24.3 Å². The Kier molecular flexibility index (Phi) is 6.72. The number of ether oxygens (including phenoxy) is 1. The summed E-state index contributed by atoms with van der Waals surface area (Å²) < 4.78 is 5.03. The second-order valence-corrected chi connectivity index (χ2v) is 5.08. The van der Waals surface area contributed by atoms with Crippen molar-refractivity contribution in [2.24, 2.45) is 0 Å². The summed E-state index contributed by atoms with van der Waals surface area (Å²) in [6, 6.07) is 6.34. The highest BCUT2D eigenvalue weighted by atomic mass is 32.2. The normalized spacial score (nSPS) is 11.5. The summed E-state index contributed by atoms with van der Waals surface area (Å²) in [5.74, 6) is 0.171. The molecule has 0 aliphatic heterocycles. The molecule has 7 heteroatoms. The summed E-state index contributed by atoms with van der Waals surface area (Å²) in [6.07, 6.45) is 1.97. The zero-order chi connectivity index (χ0) is 15.0. The van der Waals surface area contributed by atoms with Gasteiger partial charge in [-0.2, -0.15) is 11.8 Å². The molecule has 1 aromatic rings. The molecule has 0 bridgehead atoms. The van der Waals surface area contributed by atoms with Gasteiger partial charge >= 0.3 is 12.0 Å². The summed E-state index contributed by atoms with van der Waals surface area (Å²) in [7, 11) is 0. The maximum absolute atomic E-state index is 11.7. The highest BCUT2D eigenvalue weighted by molar-refractivity contribution is 7.98. The van der Waals surface area contributed by atoms with Gasteiger partial charge in [-0.3, -0.25) is 0 Å². The lowest BCUT2D eigenvalue weighted by molar-refractivity contribution is -0.139. The first kappa shape index (κ1) is 16.2. The lowest BCUT2D eigenvalue weighted by Crippen LogP contribution is -2.37. The van der Waals surface area contributed by atoms with E-state index in [4.69, 9.17) is 9.84 Å². The Morgan fingerprint density at radius 3 is 2.85 bits per heavy atom. The predicted molar refractivity (Wildman–Crippen MR) is 79.6 cm³/mol. The molecule has 1 atom stereocenters. The fourth-order valence-corrected chi connectivity index (χ4v) is 2.07. The summed E-state index contributed by atoms with van der Waals surface area (Å²) in [5.41, 5.74) is 0.543. The van der Waals surface area contributed by atoms with Crippen LogP contribution < -0.4 is 15.4 Å². The Morgan fingerprint density at radius 2 is 2.20 bits per heavy atom. The van der Waals surface area contributed by atoms with Gasteiger partial charge in [-0.1, -0.05) is 6.07 Å². The molecule has 3 N–H and O–H groups in total. The van der Waals surface area contributed by atoms with E-state index in [9.17, 15) is 9.59 Å². The number of urea groups is 1. The van der Waals surface area contributed by atoms with Gasteiger partial charge in [0.25, 0.3) is 0 Å². The van der Waals surface area contributed by atoms with Crippen molar-refractivity contribution in [1.82, 2.24) is 5.32 Å². The van der Waals surface area contributed by atoms with E-state index in [-0.39, 0.29) is 12.1 Å². The Labute approximate surface area is 121 Å². The maximum atomic E-state index is 11.7. The van der Waals surface area contributed by atoms with Crippen molar-refractivity contribution >= 4 is 29.4 Å². The third-order valence-electron chi connectivity index (χ3n) is 2.25. The molecule has 0 saturated carbocycles. The van der Waals surface area contributed by atoms with E-state index in [0.29, 0.717) is 11.4 Å². The fraction of sp³-hybridized carbons (Fsp3) is 0.385. The molecule has 0 aliphatic rings. The van der Waals surface area contributed by atoms with Crippen molar-refractivity contribution in [3.8, 4) is 5.75 Å². The van der Waals surface area contributed by atoms with Crippen LogP contribution in [0.4, 0.5) is 10.5 Å². The molecule has 0 heterocycles. The van der Waals surface area contributed by atoms with Gasteiger partial charge in [-0.15, -0.1) is 0 Å². The predicted octanol–water partition coefficient (Wildman–Crippen LogP) is 2.02. The minimum atomic E-state index is -1.05. The SMILES string of the molecule is CSCC(C)NC(=O)Nc1cccc(OCC(=O)O)c1. The zero-order valence-corrected chi connectivity index (χ0v) is 12.2. The molecule has 20 heavy (non-hydrogen) atoms. The number of rotatable bonds is 7. The van der Waals surface area contributed by atoms with Crippen LogP contribution in [0.3, 0.4) is 0 Å². The number of benzene rings is 1. The quantitative estimate of drug-likeness (QED) is 0.717. The molecule has 6 nitrogen and oxygen atoms in total. The van der Waals surface area contributed by atoms with Crippen LogP contribution in [0.15, 0.2) is 24.3 Å². The summed E-state index contributed by atoms with van der Waals surface area (Å²) in [5, 5.41) is 14.0. The van der Waals surface area contributed by atoms with E-state index in [0.717, 1.165) is 5.75 Å². The van der Waals surface area contributed by atoms with Gasteiger partial charge in [-0.05, 0) is 25.3 Å². The molecule has 1 unspecified atom stereocenters. The largest absolute Gasteiger partial charge is 0.482 e. The van der Waals surface area contributed by atoms with Crippen molar-refractivity contribution in [2.75, 3.05) is 23.9 Å². The van der Waals surface area contributed by atoms with E-state index in [1.54, 1.807) is 36.0 Å². The van der Waals surface area contributed by atoms with Crippen molar-refractivity contribution in [2.45, 2.75) is 13.0 Å². The molecule has 0 spiro atoms. The molecule has 0 radical (unpaired) electrons. The summed E-state index contributed by atoms with van der Waals surface area (Å²) in [4.78, 5) is 22.1. The number of nitrogens with one attached hydrogen (secondary N) is 2. The van der Waals surface area contributed by atoms with E-state index in [1.165, 1.54) is 0 Å². The molecular weight excluding hydrogens is 280 g/mol. The Balaban J connectivity index is 2.52. The average molecular weight is 298 g/mol. The monoisotopic (exact) mass is 298 g/mol. The van der Waals surface area contributed by atoms with E-state index >= 15 is 0 Å². The number of hydrogen-bond donors (Lipinski definition) is 3. The lowest BCUT2D eigenvalue weighted by atomic mass is 10.3. The third kappa shape index (κ3) is 6.33. The first-order valence-electron chi connectivity index (χ1n) is 6.02. The van der Waals surface area contributed by atoms with Gasteiger partial charge in [0, 0.05) is 23.5 Å². The summed E-state index contributed by atoms with van der Waals surface area (Å²) in [6.45, 7) is 1.50. The number of carboxylic acids is 1. The Morgan fingerprint density at radius 1 is 1.45 bits per heavy atom. The van der Waals surface area contributed by atoms with E-state index in [1.807, 2.05) is 13.2 Å². The second kappa shape index (κ2) is 8.31. The molecule has 0 saturated heterocycles. The lowest BCUT2D eigenvalue weighted by Gasteiger charge is -2.13. The number of carboxylic acid groups (broad SMARTS) is 1. The van der Waals surface area contributed by atoms with Gasteiger partial charge in [0.1, 0.15) is 5.75 Å². The Hall–Kier alpha value is -1.89. The van der Waals surface area contributed by atoms with Crippen LogP contribution >= 0.6 is 11.8 Å². The average Bonchev–Trinajstić information content (AvgIpc) is 2.36. The minimum absolute atomic E-state index is 0.0662. The van der Waals surface area contributed by atoms with Gasteiger partial charge in [0.05, 0.1) is 0 Å². The number of carbonyl (C=O) groups is 2. The van der Waals surface area contributed by atoms with Gasteiger partial charge in [0.2, 0.25) is 0 Å². The molecule has 1 aromatic carbocycles. The highest BCUT2D eigenvalue weighted by Gasteiger charge is 2.07. The van der Waals surface area contributed by atoms with Crippen LogP contribution in [0.2, 0.25) is 0 Å².